The van der Waals surface area contributed by atoms with Crippen LogP contribution in [0.15, 0.2) is 30.3 Å². The number of aliphatic carboxylic acids is 1. The van der Waals surface area contributed by atoms with E-state index in [1.807, 2.05) is 6.07 Å². The third-order valence-electron chi connectivity index (χ3n) is 2.48. The van der Waals surface area contributed by atoms with Crippen LogP contribution in [0.1, 0.15) is 25.3 Å². The van der Waals surface area contributed by atoms with Gasteiger partial charge in [0.05, 0.1) is 12.6 Å². The van der Waals surface area contributed by atoms with Gasteiger partial charge in [0.2, 0.25) is 0 Å². The third kappa shape index (κ3) is 9.93. The van der Waals surface area contributed by atoms with E-state index >= 15 is 0 Å². The highest BCUT2D eigenvalue weighted by atomic mass is 16.4. The van der Waals surface area contributed by atoms with Gasteiger partial charge in [-0.05, 0) is 25.3 Å². The fourth-order valence-corrected chi connectivity index (χ4v) is 1.33. The number of hydrogen-bond acceptors (Lipinski definition) is 4. The molecule has 19 heavy (non-hydrogen) atoms. The van der Waals surface area contributed by atoms with Crippen molar-refractivity contribution in [1.82, 2.24) is 0 Å². The van der Waals surface area contributed by atoms with Gasteiger partial charge in [-0.2, -0.15) is 0 Å². The molecule has 0 heterocycles. The third-order valence-corrected chi connectivity index (χ3v) is 2.48. The number of carbonyl (C=O) groups is 2. The lowest BCUT2D eigenvalue weighted by Crippen LogP contribution is -2.50. The zero-order valence-corrected chi connectivity index (χ0v) is 11.3. The lowest BCUT2D eigenvalue weighted by molar-refractivity contribution is -0.368. The molecule has 1 aromatic carbocycles. The molecule has 0 radical (unpaired) electrons. The molecule has 5 N–H and O–H groups in total. The van der Waals surface area contributed by atoms with Gasteiger partial charge in [0, 0.05) is 12.4 Å². The summed E-state index contributed by atoms with van der Waals surface area (Å²) in [6, 6.07) is 8.72. The summed E-state index contributed by atoms with van der Waals surface area (Å²) in [5.74, 6) is -0.963. The van der Waals surface area contributed by atoms with E-state index in [0.29, 0.717) is 0 Å². The summed E-state index contributed by atoms with van der Waals surface area (Å²) >= 11 is 0. The van der Waals surface area contributed by atoms with Gasteiger partial charge in [-0.1, -0.05) is 30.3 Å². The molecule has 0 fully saturated rings. The van der Waals surface area contributed by atoms with Crippen LogP contribution in [0.5, 0.6) is 0 Å². The zero-order valence-electron chi connectivity index (χ0n) is 11.3. The second kappa shape index (κ2) is 10.2. The molecule has 0 aliphatic heterocycles. The first-order chi connectivity index (χ1) is 8.97. The van der Waals surface area contributed by atoms with Gasteiger partial charge in [0.1, 0.15) is 5.78 Å². The summed E-state index contributed by atoms with van der Waals surface area (Å²) in [6.45, 7) is 2.38. The molecule has 1 aromatic rings. The number of rotatable bonds is 6. The van der Waals surface area contributed by atoms with E-state index in [9.17, 15) is 14.7 Å². The first-order valence-corrected chi connectivity index (χ1v) is 6.26. The standard InChI is InChI=1S/C8H8O2.C6H14N2O/c9-8(10)6-7-4-2-1-3-5-7;1-5(9)6(8)3-2-4-7/h1-5H,6H2,(H,9,10);6H,2-4,7-8H2,1H3/t;6-/m.0/s1. The van der Waals surface area contributed by atoms with E-state index in [1.54, 1.807) is 24.3 Å². The maximum atomic E-state index is 10.5. The van der Waals surface area contributed by atoms with Crippen molar-refractivity contribution >= 4 is 11.8 Å². The Labute approximate surface area is 113 Å². The number of carboxylic acid groups (broad SMARTS) is 1. The summed E-state index contributed by atoms with van der Waals surface area (Å²) < 4.78 is 0. The molecule has 106 valence electrons. The average molecular weight is 266 g/mol. The molecule has 5 heteroatoms. The SMILES string of the molecule is CC(=O)[C@@H](N)CCC[NH3+].O=C([O-])Cc1ccccc1. The Morgan fingerprint density at radius 2 is 1.89 bits per heavy atom. The second-order valence-corrected chi connectivity index (χ2v) is 4.25. The summed E-state index contributed by atoms with van der Waals surface area (Å²) in [4.78, 5) is 20.6. The molecule has 0 unspecified atom stereocenters. The van der Waals surface area contributed by atoms with Gasteiger partial charge in [-0.3, -0.25) is 4.79 Å². The number of Topliss-reactive ketones (excluding diaryl/α,β-unsaturated/α-hetero) is 1. The number of benzene rings is 1. The number of nitrogens with two attached hydrogens (primary N) is 1. The van der Waals surface area contributed by atoms with Crippen LogP contribution in [0.4, 0.5) is 0 Å². The summed E-state index contributed by atoms with van der Waals surface area (Å²) in [5.41, 5.74) is 9.86. The minimum absolute atomic E-state index is 0.000833. The van der Waals surface area contributed by atoms with Gasteiger partial charge >= 0.3 is 0 Å². The fourth-order valence-electron chi connectivity index (χ4n) is 1.33. The molecule has 0 aromatic heterocycles. The Bertz CT molecular complexity index is 380. The Morgan fingerprint density at radius 3 is 2.32 bits per heavy atom. The topological polar surface area (TPSA) is 111 Å². The molecule has 0 bridgehead atoms. The van der Waals surface area contributed by atoms with Crippen LogP contribution in [-0.2, 0) is 16.0 Å². The van der Waals surface area contributed by atoms with E-state index in [1.165, 1.54) is 6.92 Å². The minimum Gasteiger partial charge on any atom is -0.550 e. The predicted octanol–water partition coefficient (Wildman–Crippen LogP) is -1.10. The molecule has 0 saturated heterocycles. The van der Waals surface area contributed by atoms with Crippen molar-refractivity contribution in [1.29, 1.82) is 0 Å². The molecule has 0 aliphatic carbocycles. The average Bonchev–Trinajstić information content (AvgIpc) is 2.37. The van der Waals surface area contributed by atoms with Crippen molar-refractivity contribution in [2.75, 3.05) is 6.54 Å². The molecule has 5 nitrogen and oxygen atoms in total. The predicted molar refractivity (Wildman–Crippen MR) is 70.8 cm³/mol. The van der Waals surface area contributed by atoms with E-state index < -0.39 is 5.97 Å². The quantitative estimate of drug-likeness (QED) is 0.681. The van der Waals surface area contributed by atoms with Crippen molar-refractivity contribution in [3.8, 4) is 0 Å². The molecule has 0 amide bonds. The molecule has 0 aliphatic rings. The monoisotopic (exact) mass is 266 g/mol. The van der Waals surface area contributed by atoms with Gasteiger partial charge < -0.3 is 21.4 Å². The first-order valence-electron chi connectivity index (χ1n) is 6.26. The Balaban J connectivity index is 0.000000344. The lowest BCUT2D eigenvalue weighted by Gasteiger charge is -2.03. The minimum atomic E-state index is -1.04. The maximum Gasteiger partial charge on any atom is 0.146 e. The Hall–Kier alpha value is -1.72. The van der Waals surface area contributed by atoms with Gasteiger partial charge in [0.15, 0.2) is 0 Å². The highest BCUT2D eigenvalue weighted by Gasteiger charge is 2.05. The Morgan fingerprint density at radius 1 is 1.32 bits per heavy atom. The van der Waals surface area contributed by atoms with Crippen molar-refractivity contribution in [3.05, 3.63) is 35.9 Å². The van der Waals surface area contributed by atoms with Crippen LogP contribution in [-0.4, -0.2) is 24.3 Å². The zero-order chi connectivity index (χ0) is 14.7. The number of ketones is 1. The molecule has 1 atom stereocenters. The highest BCUT2D eigenvalue weighted by molar-refractivity contribution is 5.81. The molecule has 0 saturated carbocycles. The maximum absolute atomic E-state index is 10.5. The number of hydrogen-bond donors (Lipinski definition) is 2. The van der Waals surface area contributed by atoms with Crippen molar-refractivity contribution in [3.63, 3.8) is 0 Å². The summed E-state index contributed by atoms with van der Waals surface area (Å²) in [7, 11) is 0. The first kappa shape index (κ1) is 17.3. The fraction of sp³-hybridized carbons (Fsp3) is 0.429. The van der Waals surface area contributed by atoms with Crippen LogP contribution >= 0.6 is 0 Å². The van der Waals surface area contributed by atoms with E-state index in [-0.39, 0.29) is 18.2 Å². The van der Waals surface area contributed by atoms with Crippen LogP contribution in [0, 0.1) is 0 Å². The van der Waals surface area contributed by atoms with Gasteiger partial charge in [-0.25, -0.2) is 0 Å². The van der Waals surface area contributed by atoms with Gasteiger partial charge in [-0.15, -0.1) is 0 Å². The summed E-state index contributed by atoms with van der Waals surface area (Å²) in [6.07, 6.45) is 1.72. The largest absolute Gasteiger partial charge is 0.550 e. The van der Waals surface area contributed by atoms with Crippen molar-refractivity contribution < 1.29 is 20.4 Å². The van der Waals surface area contributed by atoms with Crippen molar-refractivity contribution in [2.24, 2.45) is 5.73 Å². The van der Waals surface area contributed by atoms with Crippen molar-refractivity contribution in [2.45, 2.75) is 32.2 Å². The summed E-state index contributed by atoms with van der Waals surface area (Å²) in [5, 5.41) is 10.1. The number of quaternary nitrogens is 1. The van der Waals surface area contributed by atoms with E-state index in [4.69, 9.17) is 5.73 Å². The van der Waals surface area contributed by atoms with Crippen LogP contribution in [0.25, 0.3) is 0 Å². The Kier molecular flexibility index (Phi) is 9.30. The van der Waals surface area contributed by atoms with Gasteiger partial charge in [0.25, 0.3) is 0 Å². The normalized spacial score (nSPS) is 11.1. The number of carboxylic acids is 1. The smallest absolute Gasteiger partial charge is 0.146 e. The second-order valence-electron chi connectivity index (χ2n) is 4.25. The van der Waals surface area contributed by atoms with Crippen LogP contribution < -0.4 is 16.6 Å². The highest BCUT2D eigenvalue weighted by Crippen LogP contribution is 1.97. The molecule has 0 spiro atoms. The molecular weight excluding hydrogens is 244 g/mol. The lowest BCUT2D eigenvalue weighted by atomic mass is 10.1. The number of carbonyl (C=O) groups excluding carboxylic acids is 2. The van der Waals surface area contributed by atoms with E-state index in [0.717, 1.165) is 24.9 Å². The van der Waals surface area contributed by atoms with Crippen LogP contribution in [0.3, 0.4) is 0 Å². The molecule has 1 rings (SSSR count). The molecular formula is C14H22N2O3. The van der Waals surface area contributed by atoms with Crippen LogP contribution in [0.2, 0.25) is 0 Å². The van der Waals surface area contributed by atoms with E-state index in [2.05, 4.69) is 5.73 Å².